The molecule has 124 valence electrons. The molecular formula is C22H18O2S. The third-order valence-corrected chi connectivity index (χ3v) is 4.92. The van der Waals surface area contributed by atoms with E-state index in [9.17, 15) is 9.90 Å². The summed E-state index contributed by atoms with van der Waals surface area (Å²) < 4.78 is 0. The number of carbonyl (C=O) groups is 1. The van der Waals surface area contributed by atoms with Crippen molar-refractivity contribution in [1.82, 2.24) is 0 Å². The summed E-state index contributed by atoms with van der Waals surface area (Å²) in [6, 6.07) is 18.3. The first kappa shape index (κ1) is 16.9. The Bertz CT molecular complexity index is 1000. The number of rotatable bonds is 5. The van der Waals surface area contributed by atoms with E-state index in [1.54, 1.807) is 19.1 Å². The van der Waals surface area contributed by atoms with E-state index in [-0.39, 0.29) is 11.5 Å². The normalized spacial score (nSPS) is 12.4. The van der Waals surface area contributed by atoms with Gasteiger partial charge in [-0.05, 0) is 47.5 Å². The molecule has 0 aliphatic carbocycles. The van der Waals surface area contributed by atoms with Gasteiger partial charge in [0.15, 0.2) is 0 Å². The maximum absolute atomic E-state index is 12.7. The zero-order valence-corrected chi connectivity index (χ0v) is 14.7. The Hall–Kier alpha value is -2.91. The van der Waals surface area contributed by atoms with Crippen LogP contribution in [0.5, 0.6) is 0 Å². The summed E-state index contributed by atoms with van der Waals surface area (Å²) in [4.78, 5) is 14.3. The molecule has 1 aromatic heterocycles. The van der Waals surface area contributed by atoms with Gasteiger partial charge in [0.1, 0.15) is 0 Å². The second-order valence-corrected chi connectivity index (χ2v) is 6.78. The molecule has 0 spiro atoms. The van der Waals surface area contributed by atoms with Crippen molar-refractivity contribution >= 4 is 27.9 Å². The molecule has 25 heavy (non-hydrogen) atoms. The molecule has 0 radical (unpaired) electrons. The minimum absolute atomic E-state index is 0.0905. The fourth-order valence-corrected chi connectivity index (χ4v) is 3.61. The Morgan fingerprint density at radius 3 is 2.56 bits per heavy atom. The lowest BCUT2D eigenvalue weighted by Gasteiger charge is -2.02. The lowest BCUT2D eigenvalue weighted by atomic mass is 10.1. The molecule has 0 saturated carbocycles. The molecule has 0 amide bonds. The Balaban J connectivity index is 1.95. The van der Waals surface area contributed by atoms with Gasteiger partial charge in [-0.1, -0.05) is 55.1 Å². The average molecular weight is 346 g/mol. The molecule has 1 N–H and O–H groups in total. The van der Waals surface area contributed by atoms with Crippen molar-refractivity contribution < 1.29 is 9.90 Å². The number of aliphatic hydroxyl groups is 1. The monoisotopic (exact) mass is 346 g/mol. The fourth-order valence-electron chi connectivity index (χ4n) is 2.64. The van der Waals surface area contributed by atoms with Crippen LogP contribution < -0.4 is 0 Å². The number of aliphatic hydroxyl groups excluding tert-OH is 1. The van der Waals surface area contributed by atoms with Crippen molar-refractivity contribution in [2.75, 3.05) is 0 Å². The summed E-state index contributed by atoms with van der Waals surface area (Å²) >= 11 is 1.45. The molecule has 0 atom stereocenters. The number of Topliss-reactive ketones (excluding diaryl/α,β-unsaturated/α-hetero) is 1. The molecule has 3 aromatic rings. The third kappa shape index (κ3) is 3.78. The van der Waals surface area contributed by atoms with Gasteiger partial charge >= 0.3 is 0 Å². The van der Waals surface area contributed by atoms with E-state index in [0.29, 0.717) is 10.5 Å². The smallest absolute Gasteiger partial charge is 0.203 e. The van der Waals surface area contributed by atoms with Gasteiger partial charge in [0.2, 0.25) is 5.78 Å². The van der Waals surface area contributed by atoms with Crippen LogP contribution in [0, 0.1) is 0 Å². The summed E-state index contributed by atoms with van der Waals surface area (Å²) in [5.41, 5.74) is 1.51. The number of ketones is 1. The van der Waals surface area contributed by atoms with E-state index < -0.39 is 0 Å². The van der Waals surface area contributed by atoms with Crippen LogP contribution in [0.25, 0.3) is 21.2 Å². The predicted octanol–water partition coefficient (Wildman–Crippen LogP) is 6.33. The first-order chi connectivity index (χ1) is 12.1. The number of fused-ring (bicyclic) bond motifs is 1. The lowest BCUT2D eigenvalue weighted by Crippen LogP contribution is -1.99. The van der Waals surface area contributed by atoms with Crippen LogP contribution in [0.1, 0.15) is 16.6 Å². The Morgan fingerprint density at radius 1 is 1.08 bits per heavy atom. The SMILES string of the molecule is C=C/C=C(\C=C(/C)O)C(=O)c1ccc(-c2ccc3ccccc3c2)s1. The predicted molar refractivity (Wildman–Crippen MR) is 106 cm³/mol. The van der Waals surface area contributed by atoms with Crippen molar-refractivity contribution in [3.05, 3.63) is 95.6 Å². The van der Waals surface area contributed by atoms with Crippen LogP contribution in [0.15, 0.2) is 90.7 Å². The number of benzene rings is 2. The molecule has 0 fully saturated rings. The standard InChI is InChI=1S/C22H18O2S/c1-3-6-19(13-15(2)23)22(24)21-12-11-20(25-21)18-10-9-16-7-4-5-8-17(16)14-18/h3-14,23H,1H2,2H3/b15-13+,19-6+. The van der Waals surface area contributed by atoms with Crippen LogP contribution in [0.2, 0.25) is 0 Å². The van der Waals surface area contributed by atoms with Crippen LogP contribution in [0.4, 0.5) is 0 Å². The Morgan fingerprint density at radius 2 is 1.84 bits per heavy atom. The number of thiophene rings is 1. The molecule has 0 saturated heterocycles. The average Bonchev–Trinajstić information content (AvgIpc) is 3.10. The van der Waals surface area contributed by atoms with Crippen molar-refractivity contribution in [3.8, 4) is 10.4 Å². The third-order valence-electron chi connectivity index (χ3n) is 3.79. The van der Waals surface area contributed by atoms with Crippen LogP contribution in [-0.4, -0.2) is 10.9 Å². The first-order valence-electron chi connectivity index (χ1n) is 7.92. The van der Waals surface area contributed by atoms with Gasteiger partial charge in [-0.25, -0.2) is 0 Å². The number of carbonyl (C=O) groups excluding carboxylic acids is 1. The van der Waals surface area contributed by atoms with Crippen LogP contribution in [0.3, 0.4) is 0 Å². The Kier molecular flexibility index (Phi) is 4.96. The molecule has 0 aliphatic rings. The van der Waals surface area contributed by atoms with Gasteiger partial charge in [-0.2, -0.15) is 0 Å². The molecule has 3 rings (SSSR count). The summed E-state index contributed by atoms with van der Waals surface area (Å²) in [5.74, 6) is -0.0295. The van der Waals surface area contributed by atoms with E-state index in [1.807, 2.05) is 24.3 Å². The number of hydrogen-bond donors (Lipinski definition) is 1. The highest BCUT2D eigenvalue weighted by atomic mass is 32.1. The Labute approximate surface area is 151 Å². The molecule has 2 aromatic carbocycles. The quantitative estimate of drug-likeness (QED) is 0.254. The van der Waals surface area contributed by atoms with Gasteiger partial charge < -0.3 is 5.11 Å². The summed E-state index contributed by atoms with van der Waals surface area (Å²) in [5, 5.41) is 11.8. The fraction of sp³-hybridized carbons (Fsp3) is 0.0455. The minimum atomic E-state index is -0.120. The number of hydrogen-bond acceptors (Lipinski definition) is 3. The van der Waals surface area contributed by atoms with Gasteiger partial charge in [-0.15, -0.1) is 11.3 Å². The molecule has 1 heterocycles. The molecule has 0 bridgehead atoms. The second kappa shape index (κ2) is 7.32. The van der Waals surface area contributed by atoms with Gasteiger partial charge in [0, 0.05) is 10.5 Å². The van der Waals surface area contributed by atoms with Crippen molar-refractivity contribution in [1.29, 1.82) is 0 Å². The maximum atomic E-state index is 12.7. The zero-order chi connectivity index (χ0) is 17.8. The number of allylic oxidation sites excluding steroid dienone is 5. The highest BCUT2D eigenvalue weighted by molar-refractivity contribution is 7.17. The zero-order valence-electron chi connectivity index (χ0n) is 13.9. The van der Waals surface area contributed by atoms with Gasteiger partial charge in [0.05, 0.1) is 10.6 Å². The van der Waals surface area contributed by atoms with Crippen molar-refractivity contribution in [2.24, 2.45) is 0 Å². The van der Waals surface area contributed by atoms with Crippen LogP contribution >= 0.6 is 11.3 Å². The van der Waals surface area contributed by atoms with Gasteiger partial charge in [-0.3, -0.25) is 4.79 Å². The maximum Gasteiger partial charge on any atom is 0.203 e. The second-order valence-electron chi connectivity index (χ2n) is 5.70. The molecule has 0 aliphatic heterocycles. The van der Waals surface area contributed by atoms with E-state index in [4.69, 9.17) is 0 Å². The van der Waals surface area contributed by atoms with Crippen molar-refractivity contribution in [3.63, 3.8) is 0 Å². The minimum Gasteiger partial charge on any atom is -0.513 e. The summed E-state index contributed by atoms with van der Waals surface area (Å²) in [6.07, 6.45) is 4.61. The molecule has 3 heteroatoms. The lowest BCUT2D eigenvalue weighted by molar-refractivity contribution is 0.104. The van der Waals surface area contributed by atoms with E-state index in [0.717, 1.165) is 10.4 Å². The molecule has 2 nitrogen and oxygen atoms in total. The summed E-state index contributed by atoms with van der Waals surface area (Å²) in [6.45, 7) is 5.17. The van der Waals surface area contributed by atoms with Gasteiger partial charge in [0.25, 0.3) is 0 Å². The molecular weight excluding hydrogens is 328 g/mol. The largest absolute Gasteiger partial charge is 0.513 e. The first-order valence-corrected chi connectivity index (χ1v) is 8.74. The topological polar surface area (TPSA) is 37.3 Å². The van der Waals surface area contributed by atoms with E-state index >= 15 is 0 Å². The molecule has 0 unspecified atom stereocenters. The van der Waals surface area contributed by atoms with Crippen LogP contribution in [-0.2, 0) is 0 Å². The van der Waals surface area contributed by atoms with E-state index in [2.05, 4.69) is 36.9 Å². The highest BCUT2D eigenvalue weighted by Crippen LogP contribution is 2.31. The summed E-state index contributed by atoms with van der Waals surface area (Å²) in [7, 11) is 0. The van der Waals surface area contributed by atoms with Crippen molar-refractivity contribution in [2.45, 2.75) is 6.92 Å². The highest BCUT2D eigenvalue weighted by Gasteiger charge is 2.14. The van der Waals surface area contributed by atoms with E-state index in [1.165, 1.54) is 28.2 Å².